The Morgan fingerprint density at radius 2 is 2.00 bits per heavy atom. The molecule has 1 saturated carbocycles. The van der Waals surface area contributed by atoms with Crippen LogP contribution in [0, 0.1) is 16.0 Å². The van der Waals surface area contributed by atoms with Crippen LogP contribution in [0.5, 0.6) is 5.75 Å². The Kier molecular flexibility index (Phi) is 7.57. The molecule has 0 aliphatic heterocycles. The summed E-state index contributed by atoms with van der Waals surface area (Å²) in [6, 6.07) is 3.88. The molecule has 27 heavy (non-hydrogen) atoms. The molecule has 1 aromatic carbocycles. The third-order valence-corrected chi connectivity index (χ3v) is 4.81. The first-order valence-electron chi connectivity index (χ1n) is 9.23. The lowest BCUT2D eigenvalue weighted by atomic mass is 9.86. The number of hydrogen-bond acceptors (Lipinski definition) is 6. The van der Waals surface area contributed by atoms with Gasteiger partial charge in [-0.05, 0) is 25.3 Å². The van der Waals surface area contributed by atoms with E-state index >= 15 is 0 Å². The van der Waals surface area contributed by atoms with E-state index in [9.17, 15) is 19.7 Å². The van der Waals surface area contributed by atoms with Crippen LogP contribution < -0.4 is 10.1 Å². The normalized spacial score (nSPS) is 15.6. The summed E-state index contributed by atoms with van der Waals surface area (Å²) in [5, 5.41) is 13.4. The molecule has 8 nitrogen and oxygen atoms in total. The monoisotopic (exact) mass is 378 g/mol. The standard InChI is InChI=1S/C19H26N2O6/c1-13(27-18(22)11-8-14-6-4-3-5-7-14)19(23)20-16-12-15(21(24)25)9-10-17(16)26-2/h9-10,12-14H,3-8,11H2,1-2H3,(H,20,23)/t13-/m1/s1. The molecule has 0 saturated heterocycles. The highest BCUT2D eigenvalue weighted by atomic mass is 16.6. The van der Waals surface area contributed by atoms with Crippen LogP contribution in [0.1, 0.15) is 51.9 Å². The van der Waals surface area contributed by atoms with Crippen LogP contribution in [-0.2, 0) is 14.3 Å². The van der Waals surface area contributed by atoms with Crippen LogP contribution in [0.15, 0.2) is 18.2 Å². The predicted octanol–water partition coefficient (Wildman–Crippen LogP) is 3.83. The maximum absolute atomic E-state index is 12.3. The van der Waals surface area contributed by atoms with E-state index in [1.165, 1.54) is 51.5 Å². The number of rotatable bonds is 8. The number of nitrogens with one attached hydrogen (secondary N) is 1. The minimum atomic E-state index is -1.01. The Bertz CT molecular complexity index is 685. The maximum atomic E-state index is 12.3. The van der Waals surface area contributed by atoms with Gasteiger partial charge in [0.25, 0.3) is 11.6 Å². The zero-order chi connectivity index (χ0) is 19.8. The third-order valence-electron chi connectivity index (χ3n) is 4.81. The molecule has 1 aliphatic carbocycles. The van der Waals surface area contributed by atoms with Crippen LogP contribution in [0.4, 0.5) is 11.4 Å². The van der Waals surface area contributed by atoms with Crippen LogP contribution in [0.3, 0.4) is 0 Å². The first kappa shape index (κ1) is 20.7. The molecule has 1 fully saturated rings. The second kappa shape index (κ2) is 9.89. The molecule has 0 aromatic heterocycles. The van der Waals surface area contributed by atoms with Gasteiger partial charge in [-0.2, -0.15) is 0 Å². The van der Waals surface area contributed by atoms with Crippen molar-refractivity contribution in [2.24, 2.45) is 5.92 Å². The molecule has 0 heterocycles. The molecule has 8 heteroatoms. The van der Waals surface area contributed by atoms with Crippen molar-refractivity contribution in [2.45, 2.75) is 58.0 Å². The van der Waals surface area contributed by atoms with Crippen LogP contribution in [0.25, 0.3) is 0 Å². The van der Waals surface area contributed by atoms with E-state index < -0.39 is 22.9 Å². The Hall–Kier alpha value is -2.64. The summed E-state index contributed by atoms with van der Waals surface area (Å²) in [6.45, 7) is 1.47. The number of nitro groups is 1. The summed E-state index contributed by atoms with van der Waals surface area (Å²) in [4.78, 5) is 34.6. The van der Waals surface area contributed by atoms with Gasteiger partial charge in [-0.3, -0.25) is 19.7 Å². The van der Waals surface area contributed by atoms with Gasteiger partial charge in [-0.1, -0.05) is 32.1 Å². The second-order valence-corrected chi connectivity index (χ2v) is 6.81. The molecular weight excluding hydrogens is 352 g/mol. The number of hydrogen-bond donors (Lipinski definition) is 1. The SMILES string of the molecule is COc1ccc([N+](=O)[O-])cc1NC(=O)[C@@H](C)OC(=O)CCC1CCCCC1. The molecule has 0 bridgehead atoms. The largest absolute Gasteiger partial charge is 0.495 e. The smallest absolute Gasteiger partial charge is 0.306 e. The van der Waals surface area contributed by atoms with Gasteiger partial charge < -0.3 is 14.8 Å². The quantitative estimate of drug-likeness (QED) is 0.418. The van der Waals surface area contributed by atoms with Gasteiger partial charge in [0, 0.05) is 18.6 Å². The second-order valence-electron chi connectivity index (χ2n) is 6.81. The van der Waals surface area contributed by atoms with E-state index in [0.29, 0.717) is 12.3 Å². The fraction of sp³-hybridized carbons (Fsp3) is 0.579. The lowest BCUT2D eigenvalue weighted by Crippen LogP contribution is -2.30. The van der Waals surface area contributed by atoms with E-state index in [1.54, 1.807) is 0 Å². The molecule has 148 valence electrons. The van der Waals surface area contributed by atoms with E-state index in [2.05, 4.69) is 5.32 Å². The number of amides is 1. The molecule has 1 aromatic rings. The van der Waals surface area contributed by atoms with Crippen molar-refractivity contribution >= 4 is 23.3 Å². The molecule has 1 aliphatic rings. The average Bonchev–Trinajstić information content (AvgIpc) is 2.67. The molecular formula is C19H26N2O6. The van der Waals surface area contributed by atoms with Crippen LogP contribution in [-0.4, -0.2) is 30.0 Å². The highest BCUT2D eigenvalue weighted by Crippen LogP contribution is 2.29. The first-order chi connectivity index (χ1) is 12.9. The van der Waals surface area contributed by atoms with Crippen LogP contribution >= 0.6 is 0 Å². The average molecular weight is 378 g/mol. The number of anilines is 1. The zero-order valence-corrected chi connectivity index (χ0v) is 15.7. The summed E-state index contributed by atoms with van der Waals surface area (Å²) < 4.78 is 10.3. The summed E-state index contributed by atoms with van der Waals surface area (Å²) in [5.74, 6) is -0.136. The minimum Gasteiger partial charge on any atom is -0.495 e. The highest BCUT2D eigenvalue weighted by molar-refractivity contribution is 5.96. The Labute approximate surface area is 158 Å². The lowest BCUT2D eigenvalue weighted by Gasteiger charge is -2.21. The van der Waals surface area contributed by atoms with E-state index in [4.69, 9.17) is 9.47 Å². The number of ether oxygens (including phenoxy) is 2. The summed E-state index contributed by atoms with van der Waals surface area (Å²) in [7, 11) is 1.39. The van der Waals surface area contributed by atoms with Crippen molar-refractivity contribution in [3.63, 3.8) is 0 Å². The molecule has 1 amide bonds. The minimum absolute atomic E-state index is 0.154. The Morgan fingerprint density at radius 1 is 1.30 bits per heavy atom. The van der Waals surface area contributed by atoms with Gasteiger partial charge in [0.15, 0.2) is 6.10 Å². The molecule has 2 rings (SSSR count). The number of nitro benzene ring substituents is 1. The molecule has 0 radical (unpaired) electrons. The zero-order valence-electron chi connectivity index (χ0n) is 15.7. The van der Waals surface area contributed by atoms with Gasteiger partial charge in [0.2, 0.25) is 0 Å². The summed E-state index contributed by atoms with van der Waals surface area (Å²) >= 11 is 0. The number of carbonyl (C=O) groups excluding carboxylic acids is 2. The lowest BCUT2D eigenvalue weighted by molar-refractivity contribution is -0.384. The fourth-order valence-electron chi connectivity index (χ4n) is 3.25. The number of carbonyl (C=O) groups is 2. The van der Waals surface area contributed by atoms with Crippen LogP contribution in [0.2, 0.25) is 0 Å². The number of esters is 1. The van der Waals surface area contributed by atoms with E-state index in [1.807, 2.05) is 0 Å². The van der Waals surface area contributed by atoms with Gasteiger partial charge >= 0.3 is 5.97 Å². The van der Waals surface area contributed by atoms with Crippen molar-refractivity contribution < 1.29 is 24.0 Å². The van der Waals surface area contributed by atoms with E-state index in [-0.39, 0.29) is 17.1 Å². The number of methoxy groups -OCH3 is 1. The Morgan fingerprint density at radius 3 is 2.63 bits per heavy atom. The highest BCUT2D eigenvalue weighted by Gasteiger charge is 2.22. The summed E-state index contributed by atoms with van der Waals surface area (Å²) in [5.41, 5.74) is -0.0231. The first-order valence-corrected chi connectivity index (χ1v) is 9.23. The molecule has 1 atom stereocenters. The van der Waals surface area contributed by atoms with Gasteiger partial charge in [0.05, 0.1) is 17.7 Å². The van der Waals surface area contributed by atoms with Crippen molar-refractivity contribution in [1.82, 2.24) is 0 Å². The number of non-ortho nitro benzene ring substituents is 1. The third kappa shape index (κ3) is 6.23. The molecule has 0 unspecified atom stereocenters. The van der Waals surface area contributed by atoms with Gasteiger partial charge in [-0.15, -0.1) is 0 Å². The Balaban J connectivity index is 1.88. The van der Waals surface area contributed by atoms with Crippen molar-refractivity contribution in [3.05, 3.63) is 28.3 Å². The topological polar surface area (TPSA) is 108 Å². The fourth-order valence-corrected chi connectivity index (χ4v) is 3.25. The van der Waals surface area contributed by atoms with Crippen molar-refractivity contribution in [2.75, 3.05) is 12.4 Å². The summed E-state index contributed by atoms with van der Waals surface area (Å²) in [6.07, 6.45) is 6.06. The van der Waals surface area contributed by atoms with Crippen molar-refractivity contribution in [1.29, 1.82) is 0 Å². The van der Waals surface area contributed by atoms with Gasteiger partial charge in [0.1, 0.15) is 5.75 Å². The maximum Gasteiger partial charge on any atom is 0.306 e. The predicted molar refractivity (Wildman–Crippen MR) is 99.6 cm³/mol. The number of benzene rings is 1. The molecule has 0 spiro atoms. The molecule has 1 N–H and O–H groups in total. The van der Waals surface area contributed by atoms with Crippen molar-refractivity contribution in [3.8, 4) is 5.75 Å². The number of nitrogens with zero attached hydrogens (tertiary/aromatic N) is 1. The van der Waals surface area contributed by atoms with E-state index in [0.717, 1.165) is 19.3 Å². The van der Waals surface area contributed by atoms with Gasteiger partial charge in [-0.25, -0.2) is 0 Å².